The molecule has 0 saturated carbocycles. The summed E-state index contributed by atoms with van der Waals surface area (Å²) in [7, 11) is 1.61. The van der Waals surface area contributed by atoms with E-state index in [9.17, 15) is 9.59 Å². The van der Waals surface area contributed by atoms with Crippen molar-refractivity contribution in [1.82, 2.24) is 4.90 Å². The smallest absolute Gasteiger partial charge is 0.416 e. The number of hydrogen-bond acceptors (Lipinski definition) is 4. The van der Waals surface area contributed by atoms with E-state index in [0.29, 0.717) is 19.4 Å². The van der Waals surface area contributed by atoms with Crippen LogP contribution < -0.4 is 4.74 Å². The molecule has 2 amide bonds. The van der Waals surface area contributed by atoms with Gasteiger partial charge in [-0.05, 0) is 29.7 Å². The fraction of sp³-hybridized carbons (Fsp3) is 0.300. The molecule has 2 aromatic rings. The van der Waals surface area contributed by atoms with Gasteiger partial charge in [0.2, 0.25) is 5.91 Å². The highest BCUT2D eigenvalue weighted by Gasteiger charge is 2.35. The Morgan fingerprint density at radius 2 is 1.92 bits per heavy atom. The Morgan fingerprint density at radius 1 is 1.16 bits per heavy atom. The number of ether oxygens (including phenoxy) is 2. The van der Waals surface area contributed by atoms with Crippen LogP contribution in [0.1, 0.15) is 17.5 Å². The molecular formula is C20H21NO4. The topological polar surface area (TPSA) is 55.8 Å². The monoisotopic (exact) mass is 339 g/mol. The molecule has 0 radical (unpaired) electrons. The SMILES string of the molecule is COc1cccc(CCC(=O)N2CC(Cc3ccccc3)OC2=O)c1. The van der Waals surface area contributed by atoms with Gasteiger partial charge in [-0.15, -0.1) is 0 Å². The van der Waals surface area contributed by atoms with Crippen LogP contribution in [0.25, 0.3) is 0 Å². The fourth-order valence-electron chi connectivity index (χ4n) is 2.92. The summed E-state index contributed by atoms with van der Waals surface area (Å²) in [5.74, 6) is 0.553. The quantitative estimate of drug-likeness (QED) is 0.811. The molecule has 130 valence electrons. The summed E-state index contributed by atoms with van der Waals surface area (Å²) in [4.78, 5) is 25.6. The lowest BCUT2D eigenvalue weighted by molar-refractivity contribution is -0.127. The normalized spacial score (nSPS) is 16.6. The standard InChI is InChI=1S/C20H21NO4/c1-24-17-9-5-8-16(12-17)10-11-19(22)21-14-18(25-20(21)23)13-15-6-3-2-4-7-15/h2-9,12,18H,10-11,13-14H2,1H3. The van der Waals surface area contributed by atoms with E-state index in [2.05, 4.69) is 0 Å². The molecule has 0 spiro atoms. The lowest BCUT2D eigenvalue weighted by atomic mass is 10.1. The third kappa shape index (κ3) is 4.38. The van der Waals surface area contributed by atoms with E-state index < -0.39 is 6.09 Å². The number of benzene rings is 2. The van der Waals surface area contributed by atoms with Gasteiger partial charge in [-0.1, -0.05) is 42.5 Å². The molecule has 1 heterocycles. The van der Waals surface area contributed by atoms with Crippen molar-refractivity contribution in [3.63, 3.8) is 0 Å². The van der Waals surface area contributed by atoms with E-state index in [1.54, 1.807) is 7.11 Å². The maximum Gasteiger partial charge on any atom is 0.416 e. The maximum absolute atomic E-state index is 12.4. The summed E-state index contributed by atoms with van der Waals surface area (Å²) in [6, 6.07) is 17.4. The Bertz CT molecular complexity index is 744. The van der Waals surface area contributed by atoms with Gasteiger partial charge in [-0.2, -0.15) is 0 Å². The molecular weight excluding hydrogens is 318 g/mol. The molecule has 1 unspecified atom stereocenters. The molecule has 5 nitrogen and oxygen atoms in total. The molecule has 25 heavy (non-hydrogen) atoms. The number of cyclic esters (lactones) is 1. The molecule has 1 aliphatic rings. The van der Waals surface area contributed by atoms with Gasteiger partial charge in [-0.3, -0.25) is 4.79 Å². The van der Waals surface area contributed by atoms with Crippen LogP contribution in [-0.4, -0.2) is 36.7 Å². The molecule has 2 aromatic carbocycles. The van der Waals surface area contributed by atoms with E-state index >= 15 is 0 Å². The number of amides is 2. The van der Waals surface area contributed by atoms with Crippen molar-refractivity contribution in [2.75, 3.05) is 13.7 Å². The summed E-state index contributed by atoms with van der Waals surface area (Å²) in [6.45, 7) is 0.310. The summed E-state index contributed by atoms with van der Waals surface area (Å²) < 4.78 is 10.5. The molecule has 0 bridgehead atoms. The first kappa shape index (κ1) is 17.0. The third-order valence-corrected chi connectivity index (χ3v) is 4.24. The number of carbonyl (C=O) groups is 2. The Kier molecular flexibility index (Phi) is 5.33. The van der Waals surface area contributed by atoms with Crippen LogP contribution in [0.2, 0.25) is 0 Å². The van der Waals surface area contributed by atoms with E-state index in [1.165, 1.54) is 4.90 Å². The second kappa shape index (κ2) is 7.83. The molecule has 1 aliphatic heterocycles. The van der Waals surface area contributed by atoms with Crippen LogP contribution in [0.15, 0.2) is 54.6 Å². The first-order chi connectivity index (χ1) is 12.2. The minimum absolute atomic E-state index is 0.205. The first-order valence-corrected chi connectivity index (χ1v) is 8.33. The lowest BCUT2D eigenvalue weighted by Gasteiger charge is -2.11. The highest BCUT2D eigenvalue weighted by atomic mass is 16.6. The van der Waals surface area contributed by atoms with Crippen LogP contribution in [0, 0.1) is 0 Å². The summed E-state index contributed by atoms with van der Waals surface area (Å²) in [6.07, 6.45) is 0.614. The summed E-state index contributed by atoms with van der Waals surface area (Å²) >= 11 is 0. The Balaban J connectivity index is 1.54. The zero-order valence-electron chi connectivity index (χ0n) is 14.2. The number of nitrogens with zero attached hydrogens (tertiary/aromatic N) is 1. The van der Waals surface area contributed by atoms with Gasteiger partial charge < -0.3 is 9.47 Å². The molecule has 1 fully saturated rings. The Labute approximate surface area is 147 Å². The highest BCUT2D eigenvalue weighted by molar-refractivity contribution is 5.93. The molecule has 5 heteroatoms. The van der Waals surface area contributed by atoms with Crippen molar-refractivity contribution in [1.29, 1.82) is 0 Å². The summed E-state index contributed by atoms with van der Waals surface area (Å²) in [5.41, 5.74) is 2.09. The van der Waals surface area contributed by atoms with Crippen molar-refractivity contribution in [3.05, 3.63) is 65.7 Å². The lowest BCUT2D eigenvalue weighted by Crippen LogP contribution is -2.32. The number of rotatable bonds is 6. The van der Waals surface area contributed by atoms with Crippen LogP contribution >= 0.6 is 0 Å². The minimum Gasteiger partial charge on any atom is -0.497 e. The number of hydrogen-bond donors (Lipinski definition) is 0. The van der Waals surface area contributed by atoms with Gasteiger partial charge >= 0.3 is 6.09 Å². The van der Waals surface area contributed by atoms with Crippen LogP contribution in [0.4, 0.5) is 4.79 Å². The number of aryl methyl sites for hydroxylation is 1. The zero-order chi connectivity index (χ0) is 17.6. The largest absolute Gasteiger partial charge is 0.497 e. The van der Waals surface area contributed by atoms with Gasteiger partial charge in [0.05, 0.1) is 13.7 Å². The second-order valence-corrected chi connectivity index (χ2v) is 6.05. The van der Waals surface area contributed by atoms with Crippen molar-refractivity contribution in [3.8, 4) is 5.75 Å². The van der Waals surface area contributed by atoms with Crippen LogP contribution in [0.5, 0.6) is 5.75 Å². The Morgan fingerprint density at radius 3 is 2.68 bits per heavy atom. The molecule has 1 saturated heterocycles. The van der Waals surface area contributed by atoms with Crippen molar-refractivity contribution >= 4 is 12.0 Å². The molecule has 0 aromatic heterocycles. The van der Waals surface area contributed by atoms with Crippen molar-refractivity contribution in [2.45, 2.75) is 25.4 Å². The van der Waals surface area contributed by atoms with Gasteiger partial charge in [0, 0.05) is 12.8 Å². The predicted molar refractivity (Wildman–Crippen MR) is 93.4 cm³/mol. The molecule has 1 atom stereocenters. The average molecular weight is 339 g/mol. The van der Waals surface area contributed by atoms with Gasteiger partial charge in [0.15, 0.2) is 0 Å². The summed E-state index contributed by atoms with van der Waals surface area (Å²) in [5, 5.41) is 0. The van der Waals surface area contributed by atoms with Crippen LogP contribution in [0.3, 0.4) is 0 Å². The van der Waals surface area contributed by atoms with E-state index in [1.807, 2.05) is 54.6 Å². The minimum atomic E-state index is -0.545. The third-order valence-electron chi connectivity index (χ3n) is 4.24. The fourth-order valence-corrected chi connectivity index (χ4v) is 2.92. The predicted octanol–water partition coefficient (Wildman–Crippen LogP) is 3.22. The van der Waals surface area contributed by atoms with E-state index in [4.69, 9.17) is 9.47 Å². The molecule has 0 N–H and O–H groups in total. The second-order valence-electron chi connectivity index (χ2n) is 6.05. The number of imide groups is 1. The van der Waals surface area contributed by atoms with E-state index in [-0.39, 0.29) is 18.4 Å². The van der Waals surface area contributed by atoms with Gasteiger partial charge in [0.25, 0.3) is 0 Å². The zero-order valence-corrected chi connectivity index (χ0v) is 14.2. The highest BCUT2D eigenvalue weighted by Crippen LogP contribution is 2.19. The molecule has 0 aliphatic carbocycles. The van der Waals surface area contributed by atoms with Gasteiger partial charge in [0.1, 0.15) is 11.9 Å². The Hall–Kier alpha value is -2.82. The maximum atomic E-state index is 12.4. The van der Waals surface area contributed by atoms with Crippen molar-refractivity contribution in [2.24, 2.45) is 0 Å². The van der Waals surface area contributed by atoms with Crippen molar-refractivity contribution < 1.29 is 19.1 Å². The van der Waals surface area contributed by atoms with Crippen LogP contribution in [-0.2, 0) is 22.4 Å². The number of methoxy groups -OCH3 is 1. The number of carbonyl (C=O) groups excluding carboxylic acids is 2. The average Bonchev–Trinajstić information content (AvgIpc) is 3.01. The van der Waals surface area contributed by atoms with Gasteiger partial charge in [-0.25, -0.2) is 9.69 Å². The van der Waals surface area contributed by atoms with E-state index in [0.717, 1.165) is 16.9 Å². The first-order valence-electron chi connectivity index (χ1n) is 8.33. The molecule has 3 rings (SSSR count).